The molecule has 0 spiro atoms. The van der Waals surface area contributed by atoms with Crippen molar-refractivity contribution in [3.63, 3.8) is 0 Å². The Kier molecular flexibility index (Phi) is 6.88. The molecule has 30 heavy (non-hydrogen) atoms. The van der Waals surface area contributed by atoms with Gasteiger partial charge in [0.2, 0.25) is 0 Å². The standard InChI is InChI=1S/C22H20F2N4O2/c1-27(15-20(29)10-16-5-3-2-4-6-16)21(30)19-9-17(11-25-13-19)7-8-18-12-26-28(14-18)22(23)24/h2-6,9,11-14,20,22,29H,10,15H2,1H3. The first-order valence-electron chi connectivity index (χ1n) is 9.19. The summed E-state index contributed by atoms with van der Waals surface area (Å²) in [6.45, 7) is -2.56. The van der Waals surface area contributed by atoms with E-state index in [0.717, 1.165) is 11.8 Å². The van der Waals surface area contributed by atoms with Gasteiger partial charge in [-0.2, -0.15) is 13.9 Å². The molecule has 3 aromatic rings. The molecule has 1 amide bonds. The molecule has 1 N–H and O–H groups in total. The smallest absolute Gasteiger partial charge is 0.333 e. The van der Waals surface area contributed by atoms with E-state index in [4.69, 9.17) is 0 Å². The maximum atomic E-state index is 12.7. The number of alkyl halides is 2. The van der Waals surface area contributed by atoms with Crippen molar-refractivity contribution in [2.75, 3.05) is 13.6 Å². The molecule has 0 radical (unpaired) electrons. The van der Waals surface area contributed by atoms with E-state index in [2.05, 4.69) is 21.9 Å². The van der Waals surface area contributed by atoms with Gasteiger partial charge in [-0.3, -0.25) is 9.78 Å². The van der Waals surface area contributed by atoms with Crippen LogP contribution in [0.5, 0.6) is 0 Å². The number of nitrogens with zero attached hydrogens (tertiary/aromatic N) is 4. The van der Waals surface area contributed by atoms with Crippen molar-refractivity contribution in [3.05, 3.63) is 83.4 Å². The van der Waals surface area contributed by atoms with Crippen LogP contribution in [0.1, 0.15) is 33.6 Å². The highest BCUT2D eigenvalue weighted by Crippen LogP contribution is 2.10. The van der Waals surface area contributed by atoms with Crippen LogP contribution in [0.3, 0.4) is 0 Å². The van der Waals surface area contributed by atoms with Crippen molar-refractivity contribution in [3.8, 4) is 11.8 Å². The molecule has 0 saturated heterocycles. The molecule has 1 aromatic carbocycles. The van der Waals surface area contributed by atoms with Crippen LogP contribution < -0.4 is 0 Å². The second-order valence-corrected chi connectivity index (χ2v) is 6.73. The Hall–Kier alpha value is -3.57. The number of hydrogen-bond acceptors (Lipinski definition) is 4. The molecule has 0 saturated carbocycles. The highest BCUT2D eigenvalue weighted by atomic mass is 19.3. The molecule has 154 valence electrons. The highest BCUT2D eigenvalue weighted by molar-refractivity contribution is 5.94. The lowest BCUT2D eigenvalue weighted by atomic mass is 10.1. The summed E-state index contributed by atoms with van der Waals surface area (Å²) in [5.41, 5.74) is 2.09. The summed E-state index contributed by atoms with van der Waals surface area (Å²) in [5, 5.41) is 13.8. The van der Waals surface area contributed by atoms with Gasteiger partial charge in [-0.25, -0.2) is 4.68 Å². The number of halogens is 2. The predicted octanol–water partition coefficient (Wildman–Crippen LogP) is 2.75. The van der Waals surface area contributed by atoms with Crippen molar-refractivity contribution < 1.29 is 18.7 Å². The number of carbonyl (C=O) groups is 1. The average molecular weight is 410 g/mol. The fraction of sp³-hybridized carbons (Fsp3) is 0.227. The predicted molar refractivity (Wildman–Crippen MR) is 107 cm³/mol. The fourth-order valence-corrected chi connectivity index (χ4v) is 2.85. The maximum absolute atomic E-state index is 12.7. The highest BCUT2D eigenvalue weighted by Gasteiger charge is 2.16. The van der Waals surface area contributed by atoms with Gasteiger partial charge in [0.25, 0.3) is 5.91 Å². The molecular formula is C22H20F2N4O2. The number of benzene rings is 1. The van der Waals surface area contributed by atoms with E-state index < -0.39 is 12.7 Å². The lowest BCUT2D eigenvalue weighted by Crippen LogP contribution is -2.35. The first kappa shape index (κ1) is 21.1. The molecule has 1 unspecified atom stereocenters. The average Bonchev–Trinajstić information content (AvgIpc) is 3.22. The Labute approximate surface area is 172 Å². The van der Waals surface area contributed by atoms with Gasteiger partial charge in [-0.15, -0.1) is 0 Å². The minimum absolute atomic E-state index is 0.163. The minimum Gasteiger partial charge on any atom is -0.391 e. The van der Waals surface area contributed by atoms with E-state index in [0.29, 0.717) is 27.8 Å². The van der Waals surface area contributed by atoms with Gasteiger partial charge in [-0.05, 0) is 11.6 Å². The van der Waals surface area contributed by atoms with Crippen LogP contribution in [-0.4, -0.2) is 50.4 Å². The summed E-state index contributed by atoms with van der Waals surface area (Å²) in [7, 11) is 1.60. The summed E-state index contributed by atoms with van der Waals surface area (Å²) >= 11 is 0. The van der Waals surface area contributed by atoms with E-state index in [9.17, 15) is 18.7 Å². The molecule has 0 bridgehead atoms. The van der Waals surface area contributed by atoms with E-state index in [-0.39, 0.29) is 12.5 Å². The lowest BCUT2D eigenvalue weighted by molar-refractivity contribution is 0.0565. The van der Waals surface area contributed by atoms with Crippen LogP contribution in [0.25, 0.3) is 0 Å². The van der Waals surface area contributed by atoms with E-state index in [1.165, 1.54) is 23.5 Å². The van der Waals surface area contributed by atoms with Crippen LogP contribution in [0.2, 0.25) is 0 Å². The third-order valence-electron chi connectivity index (χ3n) is 4.28. The van der Waals surface area contributed by atoms with Gasteiger partial charge in [0.05, 0.1) is 23.4 Å². The van der Waals surface area contributed by atoms with Crippen molar-refractivity contribution >= 4 is 5.91 Å². The molecule has 6 nitrogen and oxygen atoms in total. The summed E-state index contributed by atoms with van der Waals surface area (Å²) in [4.78, 5) is 18.1. The second kappa shape index (κ2) is 9.76. The zero-order chi connectivity index (χ0) is 21.5. The number of pyridine rings is 1. The molecule has 3 rings (SSSR count). The number of aliphatic hydroxyl groups is 1. The van der Waals surface area contributed by atoms with Crippen LogP contribution in [0, 0.1) is 11.8 Å². The first-order chi connectivity index (χ1) is 14.4. The molecule has 8 heteroatoms. The monoisotopic (exact) mass is 410 g/mol. The van der Waals surface area contributed by atoms with Crippen LogP contribution in [-0.2, 0) is 6.42 Å². The number of amides is 1. The Morgan fingerprint density at radius 1 is 1.17 bits per heavy atom. The summed E-state index contributed by atoms with van der Waals surface area (Å²) in [6.07, 6.45) is 5.01. The third-order valence-corrected chi connectivity index (χ3v) is 4.28. The molecule has 2 heterocycles. The van der Waals surface area contributed by atoms with Crippen LogP contribution in [0.4, 0.5) is 8.78 Å². The minimum atomic E-state index is -2.73. The van der Waals surface area contributed by atoms with Crippen molar-refractivity contribution in [2.24, 2.45) is 0 Å². The third kappa shape index (κ3) is 5.72. The Balaban J connectivity index is 1.64. The summed E-state index contributed by atoms with van der Waals surface area (Å²) in [5.74, 6) is 5.21. The Bertz CT molecular complexity index is 1060. The van der Waals surface area contributed by atoms with Gasteiger partial charge in [0.15, 0.2) is 0 Å². The van der Waals surface area contributed by atoms with E-state index in [1.54, 1.807) is 13.1 Å². The fourth-order valence-electron chi connectivity index (χ4n) is 2.85. The molecule has 0 aliphatic rings. The first-order valence-corrected chi connectivity index (χ1v) is 9.19. The molecule has 0 fully saturated rings. The number of rotatable bonds is 6. The molecular weight excluding hydrogens is 390 g/mol. The van der Waals surface area contributed by atoms with Crippen molar-refractivity contribution in [1.82, 2.24) is 19.7 Å². The number of likely N-dealkylation sites (N-methyl/N-ethyl adjacent to an activating group) is 1. The van der Waals surface area contributed by atoms with Crippen molar-refractivity contribution in [1.29, 1.82) is 0 Å². The van der Waals surface area contributed by atoms with E-state index >= 15 is 0 Å². The molecule has 2 aromatic heterocycles. The quantitative estimate of drug-likeness (QED) is 0.635. The van der Waals surface area contributed by atoms with Gasteiger partial charge in [0, 0.05) is 44.2 Å². The SMILES string of the molecule is CN(CC(O)Cc1ccccc1)C(=O)c1cncc(C#Cc2cnn(C(F)F)c2)c1. The van der Waals surface area contributed by atoms with Gasteiger partial charge in [0.1, 0.15) is 0 Å². The van der Waals surface area contributed by atoms with Gasteiger partial charge < -0.3 is 10.0 Å². The number of aromatic nitrogens is 3. The zero-order valence-corrected chi connectivity index (χ0v) is 16.2. The molecule has 1 atom stereocenters. The Morgan fingerprint density at radius 2 is 1.90 bits per heavy atom. The topological polar surface area (TPSA) is 71.2 Å². The number of aliphatic hydroxyl groups excluding tert-OH is 1. The zero-order valence-electron chi connectivity index (χ0n) is 16.2. The van der Waals surface area contributed by atoms with Crippen LogP contribution in [0.15, 0.2) is 61.2 Å². The summed E-state index contributed by atoms with van der Waals surface area (Å²) < 4.78 is 25.6. The second-order valence-electron chi connectivity index (χ2n) is 6.73. The van der Waals surface area contributed by atoms with Gasteiger partial charge in [-0.1, -0.05) is 42.2 Å². The summed E-state index contributed by atoms with van der Waals surface area (Å²) in [6, 6.07) is 11.1. The molecule has 0 aliphatic carbocycles. The largest absolute Gasteiger partial charge is 0.391 e. The number of hydrogen-bond donors (Lipinski definition) is 1. The van der Waals surface area contributed by atoms with Gasteiger partial charge >= 0.3 is 6.55 Å². The number of carbonyl (C=O) groups excluding carboxylic acids is 1. The van der Waals surface area contributed by atoms with Crippen LogP contribution >= 0.6 is 0 Å². The lowest BCUT2D eigenvalue weighted by Gasteiger charge is -2.21. The molecule has 0 aliphatic heterocycles. The Morgan fingerprint density at radius 3 is 2.60 bits per heavy atom. The normalized spacial score (nSPS) is 11.6. The van der Waals surface area contributed by atoms with E-state index in [1.807, 2.05) is 30.3 Å². The van der Waals surface area contributed by atoms with Crippen molar-refractivity contribution in [2.45, 2.75) is 19.1 Å². The maximum Gasteiger partial charge on any atom is 0.333 e.